The number of nitro groups is 1. The second kappa shape index (κ2) is 9.16. The number of carbonyl (C=O) groups is 1. The highest BCUT2D eigenvalue weighted by molar-refractivity contribution is 6.00. The number of nitrogens with one attached hydrogen (secondary N) is 2. The van der Waals surface area contributed by atoms with E-state index in [-0.39, 0.29) is 41.9 Å². The van der Waals surface area contributed by atoms with Gasteiger partial charge in [-0.15, -0.1) is 12.4 Å². The zero-order valence-electron chi connectivity index (χ0n) is 16.7. The minimum absolute atomic E-state index is 0. The number of hydrogen-bond acceptors (Lipinski definition) is 6. The van der Waals surface area contributed by atoms with Gasteiger partial charge in [0.05, 0.1) is 4.92 Å². The molecule has 2 aliphatic rings. The number of carbonyl (C=O) groups excluding carboxylic acids is 1. The van der Waals surface area contributed by atoms with E-state index >= 15 is 0 Å². The average Bonchev–Trinajstić information content (AvgIpc) is 3.25. The lowest BCUT2D eigenvalue weighted by Gasteiger charge is -2.25. The van der Waals surface area contributed by atoms with E-state index in [4.69, 9.17) is 4.74 Å². The van der Waals surface area contributed by atoms with E-state index in [1.807, 2.05) is 13.0 Å². The number of rotatable bonds is 6. The van der Waals surface area contributed by atoms with Gasteiger partial charge in [0, 0.05) is 47.6 Å². The predicted octanol–water partition coefficient (Wildman–Crippen LogP) is 2.96. The van der Waals surface area contributed by atoms with Crippen molar-refractivity contribution < 1.29 is 19.6 Å². The number of aliphatic hydroxyl groups is 1. The van der Waals surface area contributed by atoms with Gasteiger partial charge in [-0.05, 0) is 50.8 Å². The second-order valence-corrected chi connectivity index (χ2v) is 7.93. The molecule has 0 radical (unpaired) electrons. The fourth-order valence-corrected chi connectivity index (χ4v) is 4.34. The van der Waals surface area contributed by atoms with Crippen LogP contribution in [0.3, 0.4) is 0 Å². The number of aromatic nitrogens is 1. The molecule has 30 heavy (non-hydrogen) atoms. The first kappa shape index (κ1) is 22.3. The number of halogens is 1. The number of non-ortho nitro benzene ring substituents is 1. The van der Waals surface area contributed by atoms with Crippen molar-refractivity contribution in [3.8, 4) is 5.75 Å². The second-order valence-electron chi connectivity index (χ2n) is 7.93. The fraction of sp³-hybridized carbons (Fsp3) is 0.476. The SMILES string of the molecule is Cc1cc2c([nH]1)CCC(CNC1CCC(Oc3ccc([N+](=O)[O-])cc3)C1O)C2=O.Cl. The molecule has 2 aliphatic carbocycles. The summed E-state index contributed by atoms with van der Waals surface area (Å²) in [7, 11) is 0. The Bertz CT molecular complexity index is 914. The van der Waals surface area contributed by atoms with Crippen LogP contribution in [0.15, 0.2) is 30.3 Å². The maximum absolute atomic E-state index is 12.7. The van der Waals surface area contributed by atoms with Crippen LogP contribution in [0.5, 0.6) is 5.75 Å². The zero-order chi connectivity index (χ0) is 20.5. The molecule has 0 aliphatic heterocycles. The number of aliphatic hydroxyl groups excluding tert-OH is 1. The lowest BCUT2D eigenvalue weighted by molar-refractivity contribution is -0.384. The molecule has 2 aromatic rings. The number of ether oxygens (including phenoxy) is 1. The highest BCUT2D eigenvalue weighted by atomic mass is 35.5. The molecule has 3 N–H and O–H groups in total. The highest BCUT2D eigenvalue weighted by Gasteiger charge is 2.37. The van der Waals surface area contributed by atoms with Crippen LogP contribution in [0.25, 0.3) is 0 Å². The molecular weight excluding hydrogens is 410 g/mol. The Morgan fingerprint density at radius 3 is 2.70 bits per heavy atom. The Balaban J connectivity index is 0.00000256. The Morgan fingerprint density at radius 2 is 2.00 bits per heavy atom. The largest absolute Gasteiger partial charge is 0.488 e. The molecule has 1 aromatic carbocycles. The van der Waals surface area contributed by atoms with Gasteiger partial charge in [-0.3, -0.25) is 14.9 Å². The van der Waals surface area contributed by atoms with Crippen LogP contribution in [-0.2, 0) is 6.42 Å². The molecule has 9 heteroatoms. The van der Waals surface area contributed by atoms with E-state index in [1.54, 1.807) is 12.1 Å². The molecule has 1 fully saturated rings. The summed E-state index contributed by atoms with van der Waals surface area (Å²) < 4.78 is 5.83. The number of Topliss-reactive ketones (excluding diaryl/α,β-unsaturated/α-hetero) is 1. The predicted molar refractivity (Wildman–Crippen MR) is 113 cm³/mol. The summed E-state index contributed by atoms with van der Waals surface area (Å²) in [5.41, 5.74) is 2.84. The number of nitro benzene ring substituents is 1. The quantitative estimate of drug-likeness (QED) is 0.474. The van der Waals surface area contributed by atoms with Gasteiger partial charge < -0.3 is 20.1 Å². The molecule has 162 valence electrons. The number of benzene rings is 1. The first-order valence-corrected chi connectivity index (χ1v) is 9.97. The number of ketones is 1. The molecule has 4 atom stereocenters. The topological polar surface area (TPSA) is 117 Å². The summed E-state index contributed by atoms with van der Waals surface area (Å²) in [6.07, 6.45) is 2.00. The minimum atomic E-state index is -0.700. The number of hydrogen-bond donors (Lipinski definition) is 3. The van der Waals surface area contributed by atoms with E-state index in [9.17, 15) is 20.0 Å². The van der Waals surface area contributed by atoms with Crippen LogP contribution in [-0.4, -0.2) is 45.6 Å². The lowest BCUT2D eigenvalue weighted by atomic mass is 9.86. The van der Waals surface area contributed by atoms with Crippen molar-refractivity contribution in [3.05, 3.63) is 57.4 Å². The third kappa shape index (κ3) is 4.50. The van der Waals surface area contributed by atoms with Gasteiger partial charge in [0.1, 0.15) is 18.0 Å². The number of fused-ring (bicyclic) bond motifs is 1. The molecule has 0 saturated heterocycles. The number of H-pyrrole nitrogens is 1. The van der Waals surface area contributed by atoms with Crippen molar-refractivity contribution in [2.24, 2.45) is 5.92 Å². The Hall–Kier alpha value is -2.42. The monoisotopic (exact) mass is 435 g/mol. The summed E-state index contributed by atoms with van der Waals surface area (Å²) in [6.45, 7) is 2.49. The van der Waals surface area contributed by atoms with E-state index in [0.29, 0.717) is 18.7 Å². The third-order valence-corrected chi connectivity index (χ3v) is 5.93. The van der Waals surface area contributed by atoms with Gasteiger partial charge in [-0.1, -0.05) is 0 Å². The summed E-state index contributed by atoms with van der Waals surface area (Å²) in [5.74, 6) is 0.576. The fourth-order valence-electron chi connectivity index (χ4n) is 4.34. The molecular formula is C21H26ClN3O5. The van der Waals surface area contributed by atoms with E-state index in [0.717, 1.165) is 36.2 Å². The Kier molecular flexibility index (Phi) is 6.80. The van der Waals surface area contributed by atoms with Crippen LogP contribution < -0.4 is 10.1 Å². The normalized spacial score (nSPS) is 25.5. The van der Waals surface area contributed by atoms with Gasteiger partial charge in [0.15, 0.2) is 5.78 Å². The molecule has 4 unspecified atom stereocenters. The maximum Gasteiger partial charge on any atom is 0.269 e. The van der Waals surface area contributed by atoms with Crippen molar-refractivity contribution in [1.29, 1.82) is 0 Å². The van der Waals surface area contributed by atoms with Crippen molar-refractivity contribution in [3.63, 3.8) is 0 Å². The minimum Gasteiger partial charge on any atom is -0.488 e. The standard InChI is InChI=1S/C21H25N3O5.ClH/c1-12-10-16-17(23-12)7-2-13(20(16)25)11-22-18-8-9-19(21(18)26)29-15-5-3-14(4-6-15)24(27)28;/h3-6,10,13,18-19,21-23,26H,2,7-9,11H2,1H3;1H. The molecule has 0 amide bonds. The number of aromatic amines is 1. The molecule has 1 aromatic heterocycles. The smallest absolute Gasteiger partial charge is 0.269 e. The van der Waals surface area contributed by atoms with Crippen LogP contribution in [0.1, 0.15) is 41.0 Å². The van der Waals surface area contributed by atoms with Crippen LogP contribution in [0, 0.1) is 23.0 Å². The van der Waals surface area contributed by atoms with Gasteiger partial charge in [0.2, 0.25) is 0 Å². The van der Waals surface area contributed by atoms with E-state index < -0.39 is 11.0 Å². The summed E-state index contributed by atoms with van der Waals surface area (Å²) in [5, 5.41) is 24.7. The maximum atomic E-state index is 12.7. The van der Waals surface area contributed by atoms with Gasteiger partial charge in [-0.2, -0.15) is 0 Å². The van der Waals surface area contributed by atoms with Crippen LogP contribution in [0.2, 0.25) is 0 Å². The van der Waals surface area contributed by atoms with E-state index in [2.05, 4.69) is 10.3 Å². The molecule has 0 bridgehead atoms. The Labute approximate surface area is 180 Å². The van der Waals surface area contributed by atoms with Crippen molar-refractivity contribution in [2.75, 3.05) is 6.54 Å². The van der Waals surface area contributed by atoms with E-state index in [1.165, 1.54) is 12.1 Å². The number of aryl methyl sites for hydroxylation is 2. The average molecular weight is 436 g/mol. The number of nitrogens with zero attached hydrogens (tertiary/aromatic N) is 1. The van der Waals surface area contributed by atoms with Crippen molar-refractivity contribution in [1.82, 2.24) is 10.3 Å². The summed E-state index contributed by atoms with van der Waals surface area (Å²) in [6, 6.07) is 7.64. The van der Waals surface area contributed by atoms with Crippen molar-refractivity contribution >= 4 is 23.9 Å². The summed E-state index contributed by atoms with van der Waals surface area (Å²) in [4.78, 5) is 26.2. The first-order chi connectivity index (χ1) is 13.9. The third-order valence-electron chi connectivity index (χ3n) is 5.93. The molecule has 4 rings (SSSR count). The molecule has 8 nitrogen and oxygen atoms in total. The zero-order valence-corrected chi connectivity index (χ0v) is 17.5. The molecule has 1 heterocycles. The summed E-state index contributed by atoms with van der Waals surface area (Å²) >= 11 is 0. The lowest BCUT2D eigenvalue weighted by Crippen LogP contribution is -2.44. The van der Waals surface area contributed by atoms with Gasteiger partial charge in [0.25, 0.3) is 5.69 Å². The van der Waals surface area contributed by atoms with Crippen molar-refractivity contribution in [2.45, 2.75) is 50.9 Å². The molecule has 0 spiro atoms. The molecule has 1 saturated carbocycles. The first-order valence-electron chi connectivity index (χ1n) is 9.97. The van der Waals surface area contributed by atoms with Gasteiger partial charge >= 0.3 is 0 Å². The van der Waals surface area contributed by atoms with Crippen LogP contribution >= 0.6 is 12.4 Å². The Morgan fingerprint density at radius 1 is 1.27 bits per heavy atom. The van der Waals surface area contributed by atoms with Gasteiger partial charge in [-0.25, -0.2) is 0 Å². The highest BCUT2D eigenvalue weighted by Crippen LogP contribution is 2.29. The van der Waals surface area contributed by atoms with Crippen LogP contribution in [0.4, 0.5) is 5.69 Å².